The summed E-state index contributed by atoms with van der Waals surface area (Å²) in [6.07, 6.45) is -3.72. The maximum Gasteiger partial charge on any atom is 0.254 e. The number of nitrogens with one attached hydrogen (secondary N) is 2. The highest BCUT2D eigenvalue weighted by atomic mass is 19.1. The molecule has 3 aromatic carbocycles. The molecule has 1 saturated heterocycles. The van der Waals surface area contributed by atoms with E-state index in [2.05, 4.69) is 10.6 Å². The Kier molecular flexibility index (Phi) is 9.28. The van der Waals surface area contributed by atoms with E-state index in [9.17, 15) is 37.8 Å². The second-order valence-corrected chi connectivity index (χ2v) is 9.96. The first-order chi connectivity index (χ1) is 19.5. The lowest BCUT2D eigenvalue weighted by Gasteiger charge is -2.30. The molecule has 3 aromatic rings. The minimum absolute atomic E-state index is 0.000311. The molecule has 11 heteroatoms. The summed E-state index contributed by atoms with van der Waals surface area (Å²) >= 11 is 0. The third-order valence-electron chi connectivity index (χ3n) is 7.10. The van der Waals surface area contributed by atoms with Gasteiger partial charge in [0.25, 0.3) is 11.8 Å². The normalized spacial score (nSPS) is 18.0. The van der Waals surface area contributed by atoms with Crippen LogP contribution in [0, 0.1) is 18.6 Å². The van der Waals surface area contributed by atoms with Crippen molar-refractivity contribution >= 4 is 17.7 Å². The van der Waals surface area contributed by atoms with Gasteiger partial charge in [0.1, 0.15) is 29.6 Å². The molecule has 1 fully saturated rings. The number of amides is 3. The molecular weight excluding hydrogens is 539 g/mol. The second-order valence-electron chi connectivity index (χ2n) is 9.96. The Morgan fingerprint density at radius 3 is 2.49 bits per heavy atom. The highest BCUT2D eigenvalue weighted by molar-refractivity contribution is 5.97. The first-order valence-electron chi connectivity index (χ1n) is 13.0. The van der Waals surface area contributed by atoms with Gasteiger partial charge >= 0.3 is 0 Å². The van der Waals surface area contributed by atoms with E-state index in [0.29, 0.717) is 17.2 Å². The zero-order chi connectivity index (χ0) is 29.7. The number of halogens is 3. The number of nitrogens with zero attached hydrogens (tertiary/aromatic N) is 1. The Bertz CT molecular complexity index is 1420. The molecule has 0 bridgehead atoms. The number of rotatable bonds is 9. The molecule has 1 aliphatic rings. The predicted molar refractivity (Wildman–Crippen MR) is 143 cm³/mol. The Labute approximate surface area is 234 Å². The summed E-state index contributed by atoms with van der Waals surface area (Å²) in [7, 11) is 0. The summed E-state index contributed by atoms with van der Waals surface area (Å²) in [4.78, 5) is 40.4. The van der Waals surface area contributed by atoms with Gasteiger partial charge in [0.2, 0.25) is 5.91 Å². The van der Waals surface area contributed by atoms with E-state index in [4.69, 9.17) is 0 Å². The highest BCUT2D eigenvalue weighted by Gasteiger charge is 2.43. The number of aromatic hydroxyl groups is 1. The lowest BCUT2D eigenvalue weighted by Crippen LogP contribution is -2.55. The van der Waals surface area contributed by atoms with Crippen LogP contribution in [0.2, 0.25) is 0 Å². The molecule has 1 heterocycles. The monoisotopic (exact) mass is 569 g/mol. The van der Waals surface area contributed by atoms with Crippen LogP contribution in [0.1, 0.15) is 33.5 Å². The predicted octanol–water partition coefficient (Wildman–Crippen LogP) is 2.94. The van der Waals surface area contributed by atoms with Crippen molar-refractivity contribution < 1.29 is 37.8 Å². The Hall–Kier alpha value is -4.38. The van der Waals surface area contributed by atoms with Crippen molar-refractivity contribution in [2.24, 2.45) is 0 Å². The number of benzene rings is 3. The van der Waals surface area contributed by atoms with Crippen molar-refractivity contribution in [2.75, 3.05) is 6.54 Å². The molecule has 1 unspecified atom stereocenters. The van der Waals surface area contributed by atoms with Gasteiger partial charge in [0, 0.05) is 35.7 Å². The maximum absolute atomic E-state index is 14.5. The zero-order valence-corrected chi connectivity index (χ0v) is 22.2. The van der Waals surface area contributed by atoms with Crippen molar-refractivity contribution in [3.63, 3.8) is 0 Å². The molecule has 4 atom stereocenters. The fourth-order valence-corrected chi connectivity index (χ4v) is 4.81. The Balaban J connectivity index is 1.52. The molecule has 1 aliphatic heterocycles. The van der Waals surface area contributed by atoms with Gasteiger partial charge in [-0.3, -0.25) is 14.4 Å². The summed E-state index contributed by atoms with van der Waals surface area (Å²) in [5, 5.41) is 26.3. The third-order valence-corrected chi connectivity index (χ3v) is 7.10. The summed E-state index contributed by atoms with van der Waals surface area (Å²) < 4.78 is 41.7. The Morgan fingerprint density at radius 1 is 1.05 bits per heavy atom. The molecule has 0 aromatic heterocycles. The van der Waals surface area contributed by atoms with Crippen LogP contribution in [0.5, 0.6) is 5.75 Å². The minimum atomic E-state index is -1.85. The van der Waals surface area contributed by atoms with E-state index >= 15 is 0 Å². The molecule has 41 heavy (non-hydrogen) atoms. The number of carbonyl (C=O) groups is 3. The van der Waals surface area contributed by atoms with E-state index in [1.807, 2.05) is 0 Å². The molecular formula is C30H30F3N3O5. The van der Waals surface area contributed by atoms with Crippen LogP contribution in [0.15, 0.2) is 66.7 Å². The fourth-order valence-electron chi connectivity index (χ4n) is 4.81. The van der Waals surface area contributed by atoms with Crippen molar-refractivity contribution in [2.45, 2.75) is 50.7 Å². The van der Waals surface area contributed by atoms with Crippen molar-refractivity contribution in [1.82, 2.24) is 15.5 Å². The van der Waals surface area contributed by atoms with Gasteiger partial charge in [0.15, 0.2) is 6.10 Å². The van der Waals surface area contributed by atoms with Crippen LogP contribution in [-0.2, 0) is 22.6 Å². The van der Waals surface area contributed by atoms with Crippen LogP contribution >= 0.6 is 0 Å². The van der Waals surface area contributed by atoms with Crippen molar-refractivity contribution in [3.05, 3.63) is 101 Å². The van der Waals surface area contributed by atoms with E-state index in [1.165, 1.54) is 18.2 Å². The molecule has 4 rings (SSSR count). The van der Waals surface area contributed by atoms with Gasteiger partial charge in [-0.15, -0.1) is 0 Å². The molecule has 4 N–H and O–H groups in total. The molecule has 3 amide bonds. The lowest BCUT2D eigenvalue weighted by molar-refractivity contribution is -0.146. The molecule has 216 valence electrons. The summed E-state index contributed by atoms with van der Waals surface area (Å²) in [5.41, 5.74) is 1.13. The van der Waals surface area contributed by atoms with Gasteiger partial charge in [-0.05, 0) is 37.1 Å². The molecule has 8 nitrogen and oxygen atoms in total. The molecule has 0 spiro atoms. The Morgan fingerprint density at radius 2 is 1.78 bits per heavy atom. The summed E-state index contributed by atoms with van der Waals surface area (Å²) in [6.45, 7) is 0.764. The quantitative estimate of drug-likeness (QED) is 0.316. The van der Waals surface area contributed by atoms with Crippen LogP contribution in [0.4, 0.5) is 13.2 Å². The van der Waals surface area contributed by atoms with Crippen LogP contribution in [0.3, 0.4) is 0 Å². The average molecular weight is 570 g/mol. The fraction of sp³-hybridized carbons (Fsp3) is 0.300. The smallest absolute Gasteiger partial charge is 0.254 e. The largest absolute Gasteiger partial charge is 0.508 e. The standard InChI is InChI=1S/C30H30F3N3O5/c1-17-22(8-5-9-26(17)37)28(39)35-24(12-18-6-3-2-4-7-18)27(38)30(41)36-16-21(32)14-25(36)29(40)34-15-19-10-11-20(31)13-23(19)33/h2-11,13,21,24-25,27,37-38H,12,14-16H2,1H3,(H,34,40)(H,35,39)/t21-,24?,25-,27-/m0/s1. The van der Waals surface area contributed by atoms with Crippen molar-refractivity contribution in [3.8, 4) is 5.75 Å². The molecule has 0 radical (unpaired) electrons. The van der Waals surface area contributed by atoms with Crippen LogP contribution < -0.4 is 10.6 Å². The van der Waals surface area contributed by atoms with E-state index in [0.717, 1.165) is 17.0 Å². The number of hydrogen-bond acceptors (Lipinski definition) is 5. The van der Waals surface area contributed by atoms with Crippen LogP contribution in [0.25, 0.3) is 0 Å². The van der Waals surface area contributed by atoms with E-state index < -0.39 is 60.3 Å². The number of phenolic OH excluding ortho intramolecular Hbond substituents is 1. The van der Waals surface area contributed by atoms with E-state index in [1.54, 1.807) is 37.3 Å². The molecule has 0 saturated carbocycles. The maximum atomic E-state index is 14.5. The highest BCUT2D eigenvalue weighted by Crippen LogP contribution is 2.24. The zero-order valence-electron chi connectivity index (χ0n) is 22.2. The summed E-state index contributed by atoms with van der Waals surface area (Å²) in [5.74, 6) is -4.14. The van der Waals surface area contributed by atoms with Gasteiger partial charge in [0.05, 0.1) is 12.6 Å². The number of carbonyl (C=O) groups excluding carboxylic acids is 3. The first kappa shape index (κ1) is 29.6. The second kappa shape index (κ2) is 12.9. The average Bonchev–Trinajstić information content (AvgIpc) is 3.35. The number of aliphatic hydroxyl groups excluding tert-OH is 1. The van der Waals surface area contributed by atoms with Gasteiger partial charge < -0.3 is 25.7 Å². The number of likely N-dealkylation sites (tertiary alicyclic amines) is 1. The van der Waals surface area contributed by atoms with Gasteiger partial charge in [-0.2, -0.15) is 0 Å². The topological polar surface area (TPSA) is 119 Å². The number of aliphatic hydroxyl groups is 1. The molecule has 0 aliphatic carbocycles. The van der Waals surface area contributed by atoms with Gasteiger partial charge in [-0.25, -0.2) is 13.2 Å². The lowest BCUT2D eigenvalue weighted by atomic mass is 9.98. The van der Waals surface area contributed by atoms with E-state index in [-0.39, 0.29) is 36.3 Å². The third kappa shape index (κ3) is 7.04. The first-order valence-corrected chi connectivity index (χ1v) is 13.0. The van der Waals surface area contributed by atoms with Crippen LogP contribution in [-0.4, -0.2) is 63.7 Å². The van der Waals surface area contributed by atoms with Crippen molar-refractivity contribution in [1.29, 1.82) is 0 Å². The SMILES string of the molecule is Cc1c(O)cccc1C(=O)NC(Cc1ccccc1)[C@H](O)C(=O)N1C[C@@H](F)C[C@H]1C(=O)NCc1ccc(F)cc1F. The van der Waals surface area contributed by atoms with Gasteiger partial charge in [-0.1, -0.05) is 42.5 Å². The minimum Gasteiger partial charge on any atom is -0.508 e. The number of phenols is 1. The number of alkyl halides is 1. The summed E-state index contributed by atoms with van der Waals surface area (Å²) in [6, 6.07) is 13.5. The number of hydrogen-bond donors (Lipinski definition) is 4.